The lowest BCUT2D eigenvalue weighted by Crippen LogP contribution is -2.35. The third kappa shape index (κ3) is 3.44. The first-order valence-corrected chi connectivity index (χ1v) is 10.3. The molecule has 2 aromatic rings. The van der Waals surface area contributed by atoms with Crippen molar-refractivity contribution in [3.63, 3.8) is 0 Å². The van der Waals surface area contributed by atoms with E-state index in [4.69, 9.17) is 4.74 Å². The van der Waals surface area contributed by atoms with E-state index in [1.807, 2.05) is 18.2 Å². The maximum Gasteiger partial charge on any atom is 0.123 e. The Morgan fingerprint density at radius 1 is 1.21 bits per heavy atom. The number of fused-ring (bicyclic) bond motifs is 1. The number of aromatic nitrogens is 1. The Kier molecular flexibility index (Phi) is 4.96. The summed E-state index contributed by atoms with van der Waals surface area (Å²) in [7, 11) is 1.74. The fourth-order valence-corrected chi connectivity index (χ4v) is 5.06. The molecule has 4 rings (SSSR count). The highest BCUT2D eigenvalue weighted by atomic mass is 16.5. The van der Waals surface area contributed by atoms with E-state index in [-0.39, 0.29) is 11.3 Å². The lowest BCUT2D eigenvalue weighted by atomic mass is 9.85. The number of ether oxygens (including phenoxy) is 1. The smallest absolute Gasteiger partial charge is 0.123 e. The molecule has 2 heterocycles. The Bertz CT molecular complexity index is 830. The Balaban J connectivity index is 1.54. The molecule has 28 heavy (non-hydrogen) atoms. The van der Waals surface area contributed by atoms with E-state index in [0.29, 0.717) is 5.92 Å². The zero-order valence-corrected chi connectivity index (χ0v) is 17.5. The molecule has 1 aliphatic carbocycles. The molecule has 4 nitrogen and oxygen atoms in total. The topological polar surface area (TPSA) is 45.6 Å². The zero-order valence-electron chi connectivity index (χ0n) is 17.5. The summed E-state index contributed by atoms with van der Waals surface area (Å²) in [5.74, 6) is 1.73. The first-order chi connectivity index (χ1) is 13.3. The molecular weight excluding hydrogens is 348 g/mol. The quantitative estimate of drug-likeness (QED) is 0.867. The van der Waals surface area contributed by atoms with Gasteiger partial charge in [-0.1, -0.05) is 39.0 Å². The number of aliphatic hydroxyl groups is 1. The van der Waals surface area contributed by atoms with Crippen LogP contribution in [0.4, 0.5) is 0 Å². The van der Waals surface area contributed by atoms with Crippen molar-refractivity contribution in [3.05, 3.63) is 59.4 Å². The van der Waals surface area contributed by atoms with Gasteiger partial charge in [0.05, 0.1) is 12.8 Å². The van der Waals surface area contributed by atoms with Gasteiger partial charge in [-0.2, -0.15) is 0 Å². The summed E-state index contributed by atoms with van der Waals surface area (Å²) in [5.41, 5.74) is 2.71. The average Bonchev–Trinajstić information content (AvgIpc) is 3.22. The number of nitrogens with zero attached hydrogens (tertiary/aromatic N) is 2. The van der Waals surface area contributed by atoms with Crippen LogP contribution in [0.15, 0.2) is 42.6 Å². The average molecular weight is 381 g/mol. The standard InChI is InChI=1S/C24H32N2O2/c1-23(2,3)19-8-9-21(28-4)18(13-19)15-26-14-17-10-11-24(27,20(17)16-26)22-7-5-6-12-25-22/h5-9,12-13,17,20,27H,10-11,14-16H2,1-4H3/t17-,20+,24-/m1/s1. The van der Waals surface area contributed by atoms with Crippen LogP contribution in [0, 0.1) is 11.8 Å². The summed E-state index contributed by atoms with van der Waals surface area (Å²) in [6, 6.07) is 12.4. The molecule has 3 atom stereocenters. The van der Waals surface area contributed by atoms with Crippen molar-refractivity contribution < 1.29 is 9.84 Å². The van der Waals surface area contributed by atoms with Crippen molar-refractivity contribution in [2.24, 2.45) is 11.8 Å². The fourth-order valence-electron chi connectivity index (χ4n) is 5.06. The van der Waals surface area contributed by atoms with Crippen LogP contribution in [-0.2, 0) is 17.6 Å². The lowest BCUT2D eigenvalue weighted by Gasteiger charge is -2.30. The van der Waals surface area contributed by atoms with Gasteiger partial charge in [0.2, 0.25) is 0 Å². The van der Waals surface area contributed by atoms with Crippen molar-refractivity contribution in [1.82, 2.24) is 9.88 Å². The summed E-state index contributed by atoms with van der Waals surface area (Å²) in [4.78, 5) is 6.96. The Morgan fingerprint density at radius 2 is 2.04 bits per heavy atom. The maximum atomic E-state index is 11.5. The van der Waals surface area contributed by atoms with Crippen molar-refractivity contribution >= 4 is 0 Å². The van der Waals surface area contributed by atoms with Gasteiger partial charge in [-0.3, -0.25) is 9.88 Å². The van der Waals surface area contributed by atoms with E-state index in [2.05, 4.69) is 48.9 Å². The number of likely N-dealkylation sites (tertiary alicyclic amines) is 1. The van der Waals surface area contributed by atoms with E-state index in [0.717, 1.165) is 43.9 Å². The monoisotopic (exact) mass is 380 g/mol. The third-order valence-corrected chi connectivity index (χ3v) is 6.68. The summed E-state index contributed by atoms with van der Waals surface area (Å²) in [5, 5.41) is 11.5. The van der Waals surface area contributed by atoms with E-state index < -0.39 is 5.60 Å². The second-order valence-electron chi connectivity index (χ2n) is 9.52. The number of hydrogen-bond acceptors (Lipinski definition) is 4. The van der Waals surface area contributed by atoms with Gasteiger partial charge in [0.1, 0.15) is 11.4 Å². The molecule has 2 aliphatic rings. The van der Waals surface area contributed by atoms with Crippen molar-refractivity contribution in [1.29, 1.82) is 0 Å². The largest absolute Gasteiger partial charge is 0.496 e. The number of benzene rings is 1. The third-order valence-electron chi connectivity index (χ3n) is 6.68. The predicted molar refractivity (Wildman–Crippen MR) is 111 cm³/mol. The molecule has 0 unspecified atom stereocenters. The molecule has 4 heteroatoms. The van der Waals surface area contributed by atoms with Crippen LogP contribution in [0.5, 0.6) is 5.75 Å². The van der Waals surface area contributed by atoms with Crippen LogP contribution in [0.2, 0.25) is 0 Å². The number of hydrogen-bond donors (Lipinski definition) is 1. The summed E-state index contributed by atoms with van der Waals surface area (Å²) >= 11 is 0. The normalized spacial score (nSPS) is 27.8. The van der Waals surface area contributed by atoms with Gasteiger partial charge in [-0.15, -0.1) is 0 Å². The first kappa shape index (κ1) is 19.4. The van der Waals surface area contributed by atoms with Crippen LogP contribution in [0.1, 0.15) is 50.4 Å². The number of pyridine rings is 1. The number of rotatable bonds is 4. The van der Waals surface area contributed by atoms with Gasteiger partial charge in [0.25, 0.3) is 0 Å². The van der Waals surface area contributed by atoms with Gasteiger partial charge in [0.15, 0.2) is 0 Å². The van der Waals surface area contributed by atoms with Crippen LogP contribution in [-0.4, -0.2) is 35.2 Å². The Morgan fingerprint density at radius 3 is 2.71 bits per heavy atom. The first-order valence-electron chi connectivity index (χ1n) is 10.3. The van der Waals surface area contributed by atoms with Crippen LogP contribution in [0.25, 0.3) is 0 Å². The van der Waals surface area contributed by atoms with Gasteiger partial charge in [0, 0.05) is 37.3 Å². The molecule has 0 amide bonds. The molecule has 2 fully saturated rings. The van der Waals surface area contributed by atoms with Crippen LogP contribution < -0.4 is 4.74 Å². The minimum atomic E-state index is -0.794. The van der Waals surface area contributed by atoms with E-state index in [1.54, 1.807) is 13.3 Å². The summed E-state index contributed by atoms with van der Waals surface area (Å²) in [6.07, 6.45) is 3.67. The van der Waals surface area contributed by atoms with E-state index in [1.165, 1.54) is 11.1 Å². The molecule has 150 valence electrons. The minimum Gasteiger partial charge on any atom is -0.496 e. The number of methoxy groups -OCH3 is 1. The summed E-state index contributed by atoms with van der Waals surface area (Å²) in [6.45, 7) is 9.52. The van der Waals surface area contributed by atoms with Crippen molar-refractivity contribution in [3.8, 4) is 5.75 Å². The van der Waals surface area contributed by atoms with Crippen LogP contribution >= 0.6 is 0 Å². The lowest BCUT2D eigenvalue weighted by molar-refractivity contribution is -0.0108. The maximum absolute atomic E-state index is 11.5. The van der Waals surface area contributed by atoms with Gasteiger partial charge in [-0.05, 0) is 47.9 Å². The molecule has 1 aliphatic heterocycles. The highest BCUT2D eigenvalue weighted by Crippen LogP contribution is 2.50. The van der Waals surface area contributed by atoms with Crippen LogP contribution in [0.3, 0.4) is 0 Å². The molecule has 1 N–H and O–H groups in total. The molecule has 1 saturated heterocycles. The van der Waals surface area contributed by atoms with Gasteiger partial charge < -0.3 is 9.84 Å². The molecule has 1 aromatic carbocycles. The molecular formula is C24H32N2O2. The highest BCUT2D eigenvalue weighted by molar-refractivity contribution is 5.40. The van der Waals surface area contributed by atoms with E-state index >= 15 is 0 Å². The molecule has 1 saturated carbocycles. The zero-order chi connectivity index (χ0) is 19.9. The van der Waals surface area contributed by atoms with Gasteiger partial charge >= 0.3 is 0 Å². The van der Waals surface area contributed by atoms with E-state index in [9.17, 15) is 5.11 Å². The fraction of sp³-hybridized carbons (Fsp3) is 0.542. The molecule has 0 bridgehead atoms. The van der Waals surface area contributed by atoms with Crippen molar-refractivity contribution in [2.45, 2.75) is 51.2 Å². The minimum absolute atomic E-state index is 0.113. The Labute approximate surface area is 168 Å². The molecule has 1 aromatic heterocycles. The Hall–Kier alpha value is -1.91. The highest BCUT2D eigenvalue weighted by Gasteiger charge is 2.53. The second-order valence-corrected chi connectivity index (χ2v) is 9.52. The molecule has 0 spiro atoms. The second kappa shape index (κ2) is 7.16. The predicted octanol–water partition coefficient (Wildman–Crippen LogP) is 4.12. The van der Waals surface area contributed by atoms with Crippen molar-refractivity contribution in [2.75, 3.05) is 20.2 Å². The molecule has 0 radical (unpaired) electrons. The SMILES string of the molecule is COc1ccc(C(C)(C)C)cc1CN1C[C@H]2CC[C@](O)(c3ccccn3)[C@H]2C1. The summed E-state index contributed by atoms with van der Waals surface area (Å²) < 4.78 is 5.64. The van der Waals surface area contributed by atoms with Gasteiger partial charge in [-0.25, -0.2) is 0 Å².